The second-order valence-corrected chi connectivity index (χ2v) is 5.77. The first kappa shape index (κ1) is 16.1. The molecule has 0 radical (unpaired) electrons. The zero-order chi connectivity index (χ0) is 15.5. The van der Waals surface area contributed by atoms with Crippen LogP contribution >= 0.6 is 0 Å². The molecular weight excluding hydrogens is 282 g/mol. The van der Waals surface area contributed by atoms with Gasteiger partial charge in [0.25, 0.3) is 5.54 Å². The summed E-state index contributed by atoms with van der Waals surface area (Å²) in [5.74, 6) is -1.62. The van der Waals surface area contributed by atoms with Crippen LogP contribution in [0.4, 0.5) is 0 Å². The highest BCUT2D eigenvalue weighted by molar-refractivity contribution is 5.74. The van der Waals surface area contributed by atoms with E-state index in [1.54, 1.807) is 0 Å². The minimum absolute atomic E-state index is 0.173. The number of hydrogen-bond donors (Lipinski definition) is 1. The zero-order valence-electron chi connectivity index (χ0n) is 12.1. The van der Waals surface area contributed by atoms with Crippen molar-refractivity contribution in [3.63, 3.8) is 0 Å². The van der Waals surface area contributed by atoms with Crippen LogP contribution in [0.15, 0.2) is 0 Å². The summed E-state index contributed by atoms with van der Waals surface area (Å²) in [5, 5.41) is 21.1. The molecule has 1 saturated heterocycles. The van der Waals surface area contributed by atoms with Crippen LogP contribution in [-0.2, 0) is 19.0 Å². The highest BCUT2D eigenvalue weighted by Gasteiger charge is 2.54. The molecule has 2 fully saturated rings. The Labute approximate surface area is 122 Å². The van der Waals surface area contributed by atoms with Gasteiger partial charge in [0.1, 0.15) is 13.2 Å². The molecule has 8 heteroatoms. The van der Waals surface area contributed by atoms with E-state index < -0.39 is 28.3 Å². The molecule has 1 aliphatic carbocycles. The highest BCUT2D eigenvalue weighted by atomic mass is 16.7. The van der Waals surface area contributed by atoms with Crippen LogP contribution < -0.4 is 0 Å². The Kier molecular flexibility index (Phi) is 4.80. The molecule has 2 rings (SSSR count). The number of nitro groups is 1. The number of aliphatic hydroxyl groups is 1. The van der Waals surface area contributed by atoms with E-state index in [1.807, 2.05) is 0 Å². The van der Waals surface area contributed by atoms with Crippen LogP contribution in [0.3, 0.4) is 0 Å². The largest absolute Gasteiger partial charge is 0.467 e. The van der Waals surface area contributed by atoms with Crippen molar-refractivity contribution in [2.45, 2.75) is 56.0 Å². The predicted molar refractivity (Wildman–Crippen MR) is 70.1 cm³/mol. The molecule has 1 heterocycles. The third kappa shape index (κ3) is 3.33. The number of rotatable bonds is 4. The van der Waals surface area contributed by atoms with Gasteiger partial charge < -0.3 is 19.3 Å². The lowest BCUT2D eigenvalue weighted by Gasteiger charge is -2.44. The third-order valence-electron chi connectivity index (χ3n) is 4.26. The summed E-state index contributed by atoms with van der Waals surface area (Å²) in [4.78, 5) is 22.1. The van der Waals surface area contributed by atoms with Gasteiger partial charge in [0, 0.05) is 17.8 Å². The minimum atomic E-state index is -1.61. The van der Waals surface area contributed by atoms with Crippen LogP contribution in [0.2, 0.25) is 0 Å². The molecule has 2 aliphatic rings. The van der Waals surface area contributed by atoms with E-state index in [4.69, 9.17) is 9.47 Å². The summed E-state index contributed by atoms with van der Waals surface area (Å²) < 4.78 is 15.7. The number of carbonyl (C=O) groups excluding carboxylic acids is 1. The molecule has 120 valence electrons. The van der Waals surface area contributed by atoms with Gasteiger partial charge in [-0.3, -0.25) is 10.1 Å². The molecule has 1 unspecified atom stereocenters. The van der Waals surface area contributed by atoms with Crippen LogP contribution in [-0.4, -0.2) is 53.8 Å². The van der Waals surface area contributed by atoms with Crippen molar-refractivity contribution in [3.8, 4) is 0 Å². The van der Waals surface area contributed by atoms with Crippen molar-refractivity contribution in [3.05, 3.63) is 10.1 Å². The van der Waals surface area contributed by atoms with E-state index in [2.05, 4.69) is 4.74 Å². The standard InChI is InChI=1S/C13H21NO7/c1-19-11(16)10(15)7-12(14(17)18)8-20-13(21-9-12)5-3-2-4-6-13/h10,15H,2-9H2,1H3. The quantitative estimate of drug-likeness (QED) is 0.461. The normalized spacial score (nSPS) is 25.2. The molecule has 0 aromatic carbocycles. The molecule has 21 heavy (non-hydrogen) atoms. The van der Waals surface area contributed by atoms with Crippen molar-refractivity contribution in [2.75, 3.05) is 20.3 Å². The summed E-state index contributed by atoms with van der Waals surface area (Å²) in [5.41, 5.74) is -1.61. The van der Waals surface area contributed by atoms with E-state index in [-0.39, 0.29) is 19.6 Å². The Bertz CT molecular complexity index is 395. The Balaban J connectivity index is 2.04. The number of methoxy groups -OCH3 is 1. The summed E-state index contributed by atoms with van der Waals surface area (Å²) in [6.45, 7) is -0.345. The van der Waals surface area contributed by atoms with Crippen LogP contribution in [0.25, 0.3) is 0 Å². The summed E-state index contributed by atoms with van der Waals surface area (Å²) in [6, 6.07) is 0. The number of nitrogens with zero attached hydrogens (tertiary/aromatic N) is 1. The third-order valence-corrected chi connectivity index (χ3v) is 4.26. The van der Waals surface area contributed by atoms with Gasteiger partial charge in [-0.25, -0.2) is 4.79 Å². The van der Waals surface area contributed by atoms with E-state index in [0.717, 1.165) is 39.2 Å². The smallest absolute Gasteiger partial charge is 0.334 e. The molecule has 1 N–H and O–H groups in total. The molecule has 8 nitrogen and oxygen atoms in total. The van der Waals surface area contributed by atoms with Gasteiger partial charge in [0.15, 0.2) is 11.9 Å². The Hall–Kier alpha value is -1.25. The van der Waals surface area contributed by atoms with Gasteiger partial charge >= 0.3 is 5.97 Å². The maximum Gasteiger partial charge on any atom is 0.334 e. The molecule has 1 spiro atoms. The topological polar surface area (TPSA) is 108 Å². The predicted octanol–water partition coefficient (Wildman–Crippen LogP) is 0.633. The van der Waals surface area contributed by atoms with Gasteiger partial charge in [0.05, 0.1) is 13.5 Å². The van der Waals surface area contributed by atoms with Gasteiger partial charge in [-0.2, -0.15) is 0 Å². The van der Waals surface area contributed by atoms with E-state index >= 15 is 0 Å². The first-order chi connectivity index (χ1) is 9.93. The molecule has 0 bridgehead atoms. The number of aliphatic hydroxyl groups excluding tert-OH is 1. The minimum Gasteiger partial charge on any atom is -0.467 e. The second kappa shape index (κ2) is 6.25. The summed E-state index contributed by atoms with van der Waals surface area (Å²) in [6.07, 6.45) is 2.54. The average molecular weight is 303 g/mol. The lowest BCUT2D eigenvalue weighted by Crippen LogP contribution is -2.59. The molecule has 1 atom stereocenters. The molecule has 0 amide bonds. The number of esters is 1. The van der Waals surface area contributed by atoms with E-state index in [0.29, 0.717) is 0 Å². The maximum atomic E-state index is 11.4. The zero-order valence-corrected chi connectivity index (χ0v) is 12.1. The summed E-state index contributed by atoms with van der Waals surface area (Å²) in [7, 11) is 1.12. The fraction of sp³-hybridized carbons (Fsp3) is 0.923. The highest BCUT2D eigenvalue weighted by Crippen LogP contribution is 2.38. The molecular formula is C13H21NO7. The first-order valence-corrected chi connectivity index (χ1v) is 7.11. The van der Waals surface area contributed by atoms with E-state index in [1.165, 1.54) is 0 Å². The monoisotopic (exact) mass is 303 g/mol. The molecule has 1 saturated carbocycles. The van der Waals surface area contributed by atoms with Gasteiger partial charge in [-0.1, -0.05) is 6.42 Å². The lowest BCUT2D eigenvalue weighted by molar-refractivity contribution is -0.599. The second-order valence-electron chi connectivity index (χ2n) is 5.77. The average Bonchev–Trinajstić information content (AvgIpc) is 2.49. The summed E-state index contributed by atoms with van der Waals surface area (Å²) >= 11 is 0. The van der Waals surface area contributed by atoms with E-state index in [9.17, 15) is 20.0 Å². The fourth-order valence-electron chi connectivity index (χ4n) is 2.87. The Morgan fingerprint density at radius 1 is 1.33 bits per heavy atom. The number of carbonyl (C=O) groups is 1. The molecule has 0 aromatic rings. The Morgan fingerprint density at radius 3 is 2.38 bits per heavy atom. The molecule has 1 aliphatic heterocycles. The van der Waals surface area contributed by atoms with Crippen LogP contribution in [0, 0.1) is 10.1 Å². The van der Waals surface area contributed by atoms with Crippen molar-refractivity contribution in [2.24, 2.45) is 0 Å². The van der Waals surface area contributed by atoms with Gasteiger partial charge in [-0.15, -0.1) is 0 Å². The van der Waals surface area contributed by atoms with Crippen LogP contribution in [0.5, 0.6) is 0 Å². The maximum absolute atomic E-state index is 11.4. The van der Waals surface area contributed by atoms with Crippen LogP contribution in [0.1, 0.15) is 38.5 Å². The van der Waals surface area contributed by atoms with Crippen molar-refractivity contribution >= 4 is 5.97 Å². The number of ether oxygens (including phenoxy) is 3. The fourth-order valence-corrected chi connectivity index (χ4v) is 2.87. The number of hydrogen-bond acceptors (Lipinski definition) is 7. The first-order valence-electron chi connectivity index (χ1n) is 7.11. The van der Waals surface area contributed by atoms with Crippen molar-refractivity contribution in [1.29, 1.82) is 0 Å². The molecule has 0 aromatic heterocycles. The van der Waals surface area contributed by atoms with Crippen molar-refractivity contribution in [1.82, 2.24) is 0 Å². The lowest BCUT2D eigenvalue weighted by atomic mass is 9.89. The van der Waals surface area contributed by atoms with Gasteiger partial charge in [-0.05, 0) is 12.8 Å². The van der Waals surface area contributed by atoms with Crippen molar-refractivity contribution < 1.29 is 29.0 Å². The Morgan fingerprint density at radius 2 is 1.90 bits per heavy atom. The van der Waals surface area contributed by atoms with Gasteiger partial charge in [0.2, 0.25) is 0 Å². The SMILES string of the molecule is COC(=O)C(O)CC1([N+](=O)[O-])COC2(CCCCC2)OC1.